The zero-order chi connectivity index (χ0) is 10.4. The molecule has 1 unspecified atom stereocenters. The monoisotopic (exact) mass is 203 g/mol. The Balaban J connectivity index is 2.27. The Morgan fingerprint density at radius 3 is 2.93 bits per heavy atom. The average molecular weight is 203 g/mol. The molecule has 0 bridgehead atoms. The fraction of sp³-hybridized carbons (Fsp3) is 0.889. The maximum atomic E-state index is 10.4. The summed E-state index contributed by atoms with van der Waals surface area (Å²) in [6, 6.07) is -0.362. The van der Waals surface area contributed by atoms with Gasteiger partial charge in [0.1, 0.15) is 0 Å². The van der Waals surface area contributed by atoms with E-state index in [1.54, 1.807) is 0 Å². The second-order valence-corrected chi connectivity index (χ2v) is 3.65. The predicted octanol–water partition coefficient (Wildman–Crippen LogP) is 0.432. The van der Waals surface area contributed by atoms with Crippen molar-refractivity contribution >= 4 is 6.09 Å². The van der Waals surface area contributed by atoms with Crippen LogP contribution < -0.4 is 5.32 Å². The standard InChI is InChI=1S/C9H17NO4/c11-5-8(10-9(12)13)4-7-2-1-3-14-6-7/h7-8,10-11H,1-6H2,(H,12,13)/t7?,8-/m1/s1. The van der Waals surface area contributed by atoms with Crippen LogP contribution in [0.4, 0.5) is 4.79 Å². The van der Waals surface area contributed by atoms with Crippen LogP contribution in [0.25, 0.3) is 0 Å². The van der Waals surface area contributed by atoms with Crippen molar-refractivity contribution in [3.8, 4) is 0 Å². The third-order valence-electron chi connectivity index (χ3n) is 2.42. The van der Waals surface area contributed by atoms with Gasteiger partial charge in [0, 0.05) is 13.2 Å². The first kappa shape index (κ1) is 11.3. The number of nitrogens with one attached hydrogen (secondary N) is 1. The maximum Gasteiger partial charge on any atom is 0.404 e. The van der Waals surface area contributed by atoms with Gasteiger partial charge in [0.2, 0.25) is 0 Å². The Morgan fingerprint density at radius 2 is 2.43 bits per heavy atom. The molecule has 1 aliphatic rings. The van der Waals surface area contributed by atoms with E-state index < -0.39 is 6.09 Å². The molecule has 0 spiro atoms. The first-order chi connectivity index (χ1) is 6.72. The minimum absolute atomic E-state index is 0.150. The first-order valence-corrected chi connectivity index (χ1v) is 4.90. The molecule has 1 rings (SSSR count). The lowest BCUT2D eigenvalue weighted by Gasteiger charge is -2.25. The molecular formula is C9H17NO4. The topological polar surface area (TPSA) is 78.8 Å². The van der Waals surface area contributed by atoms with E-state index in [1.807, 2.05) is 0 Å². The van der Waals surface area contributed by atoms with Crippen LogP contribution >= 0.6 is 0 Å². The Bertz CT molecular complexity index is 180. The van der Waals surface area contributed by atoms with E-state index in [4.69, 9.17) is 14.9 Å². The van der Waals surface area contributed by atoms with Gasteiger partial charge in [0.25, 0.3) is 0 Å². The quantitative estimate of drug-likeness (QED) is 0.619. The number of hydrogen-bond donors (Lipinski definition) is 3. The van der Waals surface area contributed by atoms with Crippen LogP contribution in [0, 0.1) is 5.92 Å². The van der Waals surface area contributed by atoms with Gasteiger partial charge in [-0.1, -0.05) is 0 Å². The van der Waals surface area contributed by atoms with Gasteiger partial charge in [-0.2, -0.15) is 0 Å². The number of hydrogen-bond acceptors (Lipinski definition) is 3. The number of amides is 1. The van der Waals surface area contributed by atoms with Gasteiger partial charge in [-0.25, -0.2) is 4.79 Å². The number of ether oxygens (including phenoxy) is 1. The number of carboxylic acid groups (broad SMARTS) is 1. The molecule has 0 aromatic heterocycles. The second kappa shape index (κ2) is 5.82. The van der Waals surface area contributed by atoms with Crippen LogP contribution in [0.1, 0.15) is 19.3 Å². The summed E-state index contributed by atoms with van der Waals surface area (Å²) in [7, 11) is 0. The van der Waals surface area contributed by atoms with E-state index in [9.17, 15) is 4.79 Å². The van der Waals surface area contributed by atoms with Crippen LogP contribution in [0.2, 0.25) is 0 Å². The molecular weight excluding hydrogens is 186 g/mol. The lowest BCUT2D eigenvalue weighted by atomic mass is 9.95. The SMILES string of the molecule is O=C(O)N[C@@H](CO)CC1CCCOC1. The lowest BCUT2D eigenvalue weighted by Crippen LogP contribution is -2.39. The lowest BCUT2D eigenvalue weighted by molar-refractivity contribution is 0.0441. The molecule has 0 saturated carbocycles. The molecule has 2 atom stereocenters. The summed E-state index contributed by atoms with van der Waals surface area (Å²) in [4.78, 5) is 10.4. The molecule has 1 saturated heterocycles. The van der Waals surface area contributed by atoms with E-state index in [0.717, 1.165) is 19.4 Å². The molecule has 0 aromatic carbocycles. The Labute approximate surface area is 83.1 Å². The largest absolute Gasteiger partial charge is 0.465 e. The van der Waals surface area contributed by atoms with Gasteiger partial charge < -0.3 is 20.3 Å². The van der Waals surface area contributed by atoms with Crippen molar-refractivity contribution in [2.45, 2.75) is 25.3 Å². The van der Waals surface area contributed by atoms with Gasteiger partial charge in [-0.3, -0.25) is 0 Å². The molecule has 1 amide bonds. The summed E-state index contributed by atoms with van der Waals surface area (Å²) < 4.78 is 5.28. The van der Waals surface area contributed by atoms with E-state index in [1.165, 1.54) is 0 Å². The van der Waals surface area contributed by atoms with Gasteiger partial charge in [-0.15, -0.1) is 0 Å². The Morgan fingerprint density at radius 1 is 1.64 bits per heavy atom. The van der Waals surface area contributed by atoms with Crippen molar-refractivity contribution in [2.24, 2.45) is 5.92 Å². The van der Waals surface area contributed by atoms with Crippen molar-refractivity contribution in [2.75, 3.05) is 19.8 Å². The highest BCUT2D eigenvalue weighted by atomic mass is 16.5. The third kappa shape index (κ3) is 3.93. The van der Waals surface area contributed by atoms with Crippen molar-refractivity contribution < 1.29 is 19.7 Å². The van der Waals surface area contributed by atoms with Crippen molar-refractivity contribution in [1.82, 2.24) is 5.32 Å². The van der Waals surface area contributed by atoms with E-state index in [2.05, 4.69) is 5.32 Å². The van der Waals surface area contributed by atoms with E-state index >= 15 is 0 Å². The minimum atomic E-state index is -1.08. The van der Waals surface area contributed by atoms with Crippen molar-refractivity contribution in [3.05, 3.63) is 0 Å². The van der Waals surface area contributed by atoms with Gasteiger partial charge in [0.15, 0.2) is 0 Å². The highest BCUT2D eigenvalue weighted by Gasteiger charge is 2.19. The normalized spacial score (nSPS) is 24.2. The van der Waals surface area contributed by atoms with Crippen LogP contribution in [-0.2, 0) is 4.74 Å². The van der Waals surface area contributed by atoms with Crippen LogP contribution in [0.5, 0.6) is 0 Å². The summed E-state index contributed by atoms with van der Waals surface area (Å²) in [6.45, 7) is 1.33. The van der Waals surface area contributed by atoms with Crippen molar-refractivity contribution in [1.29, 1.82) is 0 Å². The zero-order valence-electron chi connectivity index (χ0n) is 8.11. The number of aliphatic hydroxyl groups is 1. The van der Waals surface area contributed by atoms with Crippen LogP contribution in [-0.4, -0.2) is 42.2 Å². The second-order valence-electron chi connectivity index (χ2n) is 3.65. The Hall–Kier alpha value is -0.810. The van der Waals surface area contributed by atoms with Crippen LogP contribution in [0.15, 0.2) is 0 Å². The summed E-state index contributed by atoms with van der Waals surface area (Å²) in [5.41, 5.74) is 0. The molecule has 82 valence electrons. The fourth-order valence-electron chi connectivity index (χ4n) is 1.75. The van der Waals surface area contributed by atoms with E-state index in [0.29, 0.717) is 18.9 Å². The van der Waals surface area contributed by atoms with Gasteiger partial charge in [0.05, 0.1) is 12.6 Å². The summed E-state index contributed by atoms with van der Waals surface area (Å²) in [6.07, 6.45) is 1.65. The number of aliphatic hydroxyl groups excluding tert-OH is 1. The number of rotatable bonds is 4. The molecule has 14 heavy (non-hydrogen) atoms. The molecule has 0 aromatic rings. The average Bonchev–Trinajstić information content (AvgIpc) is 2.17. The highest BCUT2D eigenvalue weighted by molar-refractivity contribution is 5.64. The third-order valence-corrected chi connectivity index (χ3v) is 2.42. The molecule has 5 nitrogen and oxygen atoms in total. The molecule has 0 aliphatic carbocycles. The molecule has 1 fully saturated rings. The molecule has 5 heteroatoms. The zero-order valence-corrected chi connectivity index (χ0v) is 8.11. The molecule has 3 N–H and O–H groups in total. The van der Waals surface area contributed by atoms with Gasteiger partial charge in [-0.05, 0) is 25.2 Å². The fourth-order valence-corrected chi connectivity index (χ4v) is 1.75. The van der Waals surface area contributed by atoms with Gasteiger partial charge >= 0.3 is 6.09 Å². The van der Waals surface area contributed by atoms with E-state index in [-0.39, 0.29) is 12.6 Å². The number of carbonyl (C=O) groups is 1. The highest BCUT2D eigenvalue weighted by Crippen LogP contribution is 2.18. The smallest absolute Gasteiger partial charge is 0.404 e. The maximum absolute atomic E-state index is 10.4. The summed E-state index contributed by atoms with van der Waals surface area (Å²) in [5.74, 6) is 0.368. The Kier molecular flexibility index (Phi) is 4.69. The molecule has 1 aliphatic heterocycles. The summed E-state index contributed by atoms with van der Waals surface area (Å²) in [5, 5.41) is 19.7. The van der Waals surface area contributed by atoms with Crippen molar-refractivity contribution in [3.63, 3.8) is 0 Å². The first-order valence-electron chi connectivity index (χ1n) is 4.90. The molecule has 1 heterocycles. The van der Waals surface area contributed by atoms with Crippen LogP contribution in [0.3, 0.4) is 0 Å². The molecule has 0 radical (unpaired) electrons. The summed E-state index contributed by atoms with van der Waals surface area (Å²) >= 11 is 0. The predicted molar refractivity (Wildman–Crippen MR) is 50.2 cm³/mol. The minimum Gasteiger partial charge on any atom is -0.465 e.